The number of imidazole rings is 2. The number of methoxy groups -OCH3 is 2. The number of carbonyl (C=O) groups is 2. The lowest BCUT2D eigenvalue weighted by atomic mass is 9.99. The molecule has 0 aliphatic rings. The average molecular weight is 1260 g/mol. The third-order valence-electron chi connectivity index (χ3n) is 15.5. The zero-order chi connectivity index (χ0) is 63.6. The highest BCUT2D eigenvalue weighted by molar-refractivity contribution is 7.84. The summed E-state index contributed by atoms with van der Waals surface area (Å²) in [6, 6.07) is 42.0. The van der Waals surface area contributed by atoms with E-state index in [0.29, 0.717) is 83.8 Å². The van der Waals surface area contributed by atoms with Gasteiger partial charge in [0, 0.05) is 65.5 Å². The van der Waals surface area contributed by atoms with Crippen molar-refractivity contribution in [2.45, 2.75) is 120 Å². The van der Waals surface area contributed by atoms with Crippen molar-refractivity contribution in [3.63, 3.8) is 0 Å². The molecular formula is C72H86N6O10S2. The second kappa shape index (κ2) is 35.3. The Morgan fingerprint density at radius 3 is 1.64 bits per heavy atom. The summed E-state index contributed by atoms with van der Waals surface area (Å²) in [7, 11) is 0.665. The molecular weight excluding hydrogens is 1170 g/mol. The van der Waals surface area contributed by atoms with Gasteiger partial charge in [0.05, 0.1) is 96.0 Å². The highest BCUT2D eigenvalue weighted by atomic mass is 32.2. The van der Waals surface area contributed by atoms with Crippen molar-refractivity contribution in [3.05, 3.63) is 186 Å². The molecule has 2 aromatic heterocycles. The molecule has 0 saturated heterocycles. The number of aryl methyl sites for hydroxylation is 5. The molecule has 0 radical (unpaired) electrons. The Labute approximate surface area is 535 Å². The highest BCUT2D eigenvalue weighted by Gasteiger charge is 2.17. The first kappa shape index (κ1) is 67.8. The highest BCUT2D eigenvalue weighted by Crippen LogP contribution is 2.32. The first-order valence-electron chi connectivity index (χ1n) is 31.0. The molecule has 2 N–H and O–H groups in total. The van der Waals surface area contributed by atoms with E-state index >= 15 is 0 Å². The fraction of sp³-hybridized carbons (Fsp3) is 0.361. The molecule has 0 aliphatic heterocycles. The average Bonchev–Trinajstić information content (AvgIpc) is 1.87. The second-order valence-corrected chi connectivity index (χ2v) is 25.1. The first-order valence-corrected chi connectivity index (χ1v) is 33.7. The number of aromatic nitrogens is 4. The number of benzene rings is 6. The largest absolute Gasteiger partial charge is 0.496 e. The fourth-order valence-corrected chi connectivity index (χ4v) is 12.7. The molecule has 0 fully saturated rings. The maximum absolute atomic E-state index is 13.7. The molecule has 1 unspecified atom stereocenters. The Bertz CT molecular complexity index is 3640. The van der Waals surface area contributed by atoms with E-state index < -0.39 is 21.6 Å². The lowest BCUT2D eigenvalue weighted by molar-refractivity contribution is -0.116. The zero-order valence-electron chi connectivity index (χ0n) is 53.0. The summed E-state index contributed by atoms with van der Waals surface area (Å²) in [4.78, 5) is 36.5. The molecule has 90 heavy (non-hydrogen) atoms. The minimum atomic E-state index is -1.33. The van der Waals surface area contributed by atoms with Gasteiger partial charge >= 0.3 is 0 Å². The molecule has 0 saturated carbocycles. The number of carbonyl (C=O) groups excluding carboxylic acids is 2. The lowest BCUT2D eigenvalue weighted by Gasteiger charge is -2.14. The zero-order valence-corrected chi connectivity index (χ0v) is 54.6. The van der Waals surface area contributed by atoms with Crippen molar-refractivity contribution in [1.29, 1.82) is 0 Å². The molecule has 2 amide bonds. The van der Waals surface area contributed by atoms with Crippen LogP contribution in [0.1, 0.15) is 99.6 Å². The standard InChI is InChI=1S/C72H86N6O10S2/c1-8-10-40-85-42-44-87-63-25-13-55(14-26-63)57-17-33-69(83-6)59(46-57)20-36-72(80)76-62-23-31-66(32-24-62)90(82)49-68-54(5)74-51-78(68)39-11-12-52(3)37-41-86-43-45-88-64-27-15-56(16-28-64)58-18-34-70(84-7)60(47-58)19-35-71(79)75-61-21-29-65(30-22-61)89(81)48-67-53(4)73-50-77(67)38-9-2/h13-18,20-34,36,46-47,50-52H,8-12,19,35,37-45,48-49H2,1-7H3,(H,75,79)(H,76,80)/b36-20+/t52?,89-,90+/m1/s1. The Balaban J connectivity index is 0.703. The Kier molecular flexibility index (Phi) is 26.6. The maximum atomic E-state index is 13.7. The number of hydrogen-bond donors (Lipinski definition) is 2. The quantitative estimate of drug-likeness (QED) is 0.0278. The van der Waals surface area contributed by atoms with Gasteiger partial charge in [0.25, 0.3) is 0 Å². The van der Waals surface area contributed by atoms with Gasteiger partial charge in [-0.3, -0.25) is 18.0 Å². The topological polar surface area (TPSA) is 183 Å². The molecule has 0 spiro atoms. The van der Waals surface area contributed by atoms with Gasteiger partial charge in [-0.05, 0) is 189 Å². The number of rotatable bonds is 37. The van der Waals surface area contributed by atoms with Gasteiger partial charge < -0.3 is 48.2 Å². The molecule has 0 bridgehead atoms. The third-order valence-corrected chi connectivity index (χ3v) is 18.2. The minimum absolute atomic E-state index is 0.126. The predicted octanol–water partition coefficient (Wildman–Crippen LogP) is 14.4. The van der Waals surface area contributed by atoms with Crippen molar-refractivity contribution in [2.75, 3.05) is 64.5 Å². The van der Waals surface area contributed by atoms with Crippen LogP contribution in [-0.2, 0) is 71.7 Å². The molecule has 2 heterocycles. The van der Waals surface area contributed by atoms with Crippen LogP contribution in [0, 0.1) is 19.8 Å². The van der Waals surface area contributed by atoms with Crippen LogP contribution >= 0.6 is 0 Å². The summed E-state index contributed by atoms with van der Waals surface area (Å²) in [6.07, 6.45) is 13.6. The number of anilines is 2. The summed E-state index contributed by atoms with van der Waals surface area (Å²) in [6.45, 7) is 15.3. The van der Waals surface area contributed by atoms with Gasteiger partial charge in [-0.25, -0.2) is 9.97 Å². The Morgan fingerprint density at radius 2 is 1.09 bits per heavy atom. The number of unbranched alkanes of at least 4 members (excludes halogenated alkanes) is 1. The molecule has 6 aromatic carbocycles. The molecule has 8 rings (SSSR count). The van der Waals surface area contributed by atoms with Gasteiger partial charge in [-0.1, -0.05) is 63.6 Å². The van der Waals surface area contributed by atoms with E-state index in [1.165, 1.54) is 6.08 Å². The van der Waals surface area contributed by atoms with E-state index in [0.717, 1.165) is 132 Å². The summed E-state index contributed by atoms with van der Waals surface area (Å²) in [5.74, 6) is 3.62. The minimum Gasteiger partial charge on any atom is -0.496 e. The van der Waals surface area contributed by atoms with Gasteiger partial charge in [0.2, 0.25) is 11.8 Å². The molecule has 18 heteroatoms. The third kappa shape index (κ3) is 20.4. The van der Waals surface area contributed by atoms with Crippen molar-refractivity contribution in [3.8, 4) is 45.3 Å². The normalized spacial score (nSPS) is 12.4. The summed E-state index contributed by atoms with van der Waals surface area (Å²) in [5, 5.41) is 5.90. The molecule has 3 atom stereocenters. The number of amides is 2. The number of nitrogens with one attached hydrogen (secondary N) is 2. The van der Waals surface area contributed by atoms with Gasteiger partial charge in [-0.15, -0.1) is 0 Å². The molecule has 8 aromatic rings. The van der Waals surface area contributed by atoms with Crippen LogP contribution in [0.4, 0.5) is 11.4 Å². The van der Waals surface area contributed by atoms with Gasteiger partial charge in [0.1, 0.15) is 36.2 Å². The number of hydrogen-bond acceptors (Lipinski definition) is 12. The number of ether oxygens (including phenoxy) is 6. The van der Waals surface area contributed by atoms with E-state index in [2.05, 4.69) is 56.6 Å². The van der Waals surface area contributed by atoms with Crippen LogP contribution in [0.15, 0.2) is 162 Å². The smallest absolute Gasteiger partial charge is 0.248 e. The summed E-state index contributed by atoms with van der Waals surface area (Å²) >= 11 is 0. The van der Waals surface area contributed by atoms with Crippen LogP contribution in [0.2, 0.25) is 0 Å². The van der Waals surface area contributed by atoms with Gasteiger partial charge in [-0.2, -0.15) is 0 Å². The first-order chi connectivity index (χ1) is 43.8. The van der Waals surface area contributed by atoms with Crippen LogP contribution in [0.25, 0.3) is 28.3 Å². The van der Waals surface area contributed by atoms with E-state index in [1.807, 2.05) is 105 Å². The van der Waals surface area contributed by atoms with E-state index in [-0.39, 0.29) is 18.2 Å². The van der Waals surface area contributed by atoms with E-state index in [9.17, 15) is 18.0 Å². The van der Waals surface area contributed by atoms with Crippen LogP contribution in [0.5, 0.6) is 23.0 Å². The summed E-state index contributed by atoms with van der Waals surface area (Å²) < 4.78 is 65.8. The van der Waals surface area contributed by atoms with Crippen molar-refractivity contribution in [2.24, 2.45) is 5.92 Å². The van der Waals surface area contributed by atoms with Crippen molar-refractivity contribution in [1.82, 2.24) is 19.1 Å². The predicted molar refractivity (Wildman–Crippen MR) is 359 cm³/mol. The van der Waals surface area contributed by atoms with E-state index in [1.54, 1.807) is 68.8 Å². The SMILES string of the molecule is CCCCOCCOc1ccc(-c2ccc(OC)c(/C=C/C(=O)Nc3ccc([S@@](=O)Cc4c(C)ncn4CCCC(C)CCOCCOc4ccc(-c5ccc(OC)c(CCC(=O)Nc6ccc([S@](=O)Cc7c(C)ncn7CCC)cc6)c5)cc4)cc3)c2)cc1. The number of nitrogens with zero attached hydrogens (tertiary/aromatic N) is 4. The molecule has 16 nitrogen and oxygen atoms in total. The van der Waals surface area contributed by atoms with Crippen molar-refractivity contribution >= 4 is 50.9 Å². The van der Waals surface area contributed by atoms with Crippen LogP contribution in [0.3, 0.4) is 0 Å². The second-order valence-electron chi connectivity index (χ2n) is 22.2. The van der Waals surface area contributed by atoms with Crippen LogP contribution < -0.4 is 29.6 Å². The monoisotopic (exact) mass is 1260 g/mol. The van der Waals surface area contributed by atoms with Crippen molar-refractivity contribution < 1.29 is 46.4 Å². The van der Waals surface area contributed by atoms with E-state index in [4.69, 9.17) is 28.4 Å². The lowest BCUT2D eigenvalue weighted by Crippen LogP contribution is -2.12. The molecule has 476 valence electrons. The van der Waals surface area contributed by atoms with Crippen LogP contribution in [-0.4, -0.2) is 93.2 Å². The molecule has 0 aliphatic carbocycles. The fourth-order valence-electron chi connectivity index (χ4n) is 10.2. The Morgan fingerprint density at radius 1 is 0.567 bits per heavy atom. The maximum Gasteiger partial charge on any atom is 0.248 e. The summed E-state index contributed by atoms with van der Waals surface area (Å²) in [5.41, 5.74) is 10.6. The van der Waals surface area contributed by atoms with Gasteiger partial charge in [0.15, 0.2) is 0 Å². The Hall–Kier alpha value is -8.16.